The standard InChI is InChI=1S/C17H18N4O5/c22-15-16(23)21-9-17(26-7-14(21)18-19-15)3-4-20(8-17)6-11-1-2-12-13(5-11)25-10-24-12/h1-2,5H,3-4,6-10H2,(H,19,22)/t17-/m1/s1. The van der Waals surface area contributed by atoms with Gasteiger partial charge in [-0.15, -0.1) is 0 Å². The fraction of sp³-hybridized carbons (Fsp3) is 0.471. The summed E-state index contributed by atoms with van der Waals surface area (Å²) in [5.41, 5.74) is -0.575. The van der Waals surface area contributed by atoms with Crippen LogP contribution < -0.4 is 20.6 Å². The second-order valence-corrected chi connectivity index (χ2v) is 6.98. The van der Waals surface area contributed by atoms with Crippen molar-refractivity contribution >= 4 is 0 Å². The average Bonchev–Trinajstić information content (AvgIpc) is 3.26. The lowest BCUT2D eigenvalue weighted by molar-refractivity contribution is -0.0853. The van der Waals surface area contributed by atoms with Crippen LogP contribution in [0.2, 0.25) is 0 Å². The van der Waals surface area contributed by atoms with Gasteiger partial charge in [0, 0.05) is 19.6 Å². The minimum Gasteiger partial charge on any atom is -0.454 e. The van der Waals surface area contributed by atoms with Crippen molar-refractivity contribution in [1.29, 1.82) is 0 Å². The number of aromatic nitrogens is 3. The van der Waals surface area contributed by atoms with E-state index < -0.39 is 16.7 Å². The summed E-state index contributed by atoms with van der Waals surface area (Å²) in [6.07, 6.45) is 0.802. The highest BCUT2D eigenvalue weighted by Gasteiger charge is 2.43. The van der Waals surface area contributed by atoms with E-state index >= 15 is 0 Å². The van der Waals surface area contributed by atoms with Crippen LogP contribution in [0.25, 0.3) is 0 Å². The average molecular weight is 358 g/mol. The lowest BCUT2D eigenvalue weighted by atomic mass is 10.0. The largest absolute Gasteiger partial charge is 0.454 e. The molecule has 136 valence electrons. The molecule has 1 spiro atoms. The Labute approximate surface area is 148 Å². The molecule has 1 aromatic heterocycles. The summed E-state index contributed by atoms with van der Waals surface area (Å²) in [5, 5.41) is 6.13. The molecular formula is C17H18N4O5. The highest BCUT2D eigenvalue weighted by molar-refractivity contribution is 5.44. The molecule has 0 amide bonds. The summed E-state index contributed by atoms with van der Waals surface area (Å²) in [5.74, 6) is 2.02. The number of H-pyrrole nitrogens is 1. The third kappa shape index (κ3) is 2.51. The van der Waals surface area contributed by atoms with Gasteiger partial charge >= 0.3 is 11.1 Å². The van der Waals surface area contributed by atoms with Crippen LogP contribution in [-0.2, 0) is 24.4 Å². The van der Waals surface area contributed by atoms with E-state index in [4.69, 9.17) is 14.2 Å². The molecule has 3 aliphatic heterocycles. The van der Waals surface area contributed by atoms with Crippen LogP contribution in [0.3, 0.4) is 0 Å². The first-order chi connectivity index (χ1) is 12.6. The second-order valence-electron chi connectivity index (χ2n) is 6.98. The Morgan fingerprint density at radius 2 is 2.08 bits per heavy atom. The quantitative estimate of drug-likeness (QED) is 0.745. The van der Waals surface area contributed by atoms with Gasteiger partial charge in [0.25, 0.3) is 0 Å². The third-order valence-corrected chi connectivity index (χ3v) is 5.23. The minimum atomic E-state index is -0.694. The summed E-state index contributed by atoms with van der Waals surface area (Å²) < 4.78 is 18.3. The smallest absolute Gasteiger partial charge is 0.330 e. The Balaban J connectivity index is 1.33. The molecule has 2 aromatic rings. The summed E-state index contributed by atoms with van der Waals surface area (Å²) in [6, 6.07) is 5.95. The molecular weight excluding hydrogens is 340 g/mol. The fourth-order valence-electron chi connectivity index (χ4n) is 3.89. The molecule has 0 aliphatic carbocycles. The zero-order valence-corrected chi connectivity index (χ0v) is 14.1. The number of aromatic amines is 1. The number of likely N-dealkylation sites (tertiary alicyclic amines) is 1. The molecule has 0 saturated carbocycles. The van der Waals surface area contributed by atoms with Gasteiger partial charge in [-0.1, -0.05) is 6.07 Å². The normalized spacial score (nSPS) is 24.2. The molecule has 3 aliphatic rings. The maximum absolute atomic E-state index is 12.1. The number of hydrogen-bond acceptors (Lipinski definition) is 7. The lowest BCUT2D eigenvalue weighted by Crippen LogP contribution is -2.51. The Bertz CT molecular complexity index is 984. The van der Waals surface area contributed by atoms with Crippen LogP contribution in [0, 0.1) is 0 Å². The van der Waals surface area contributed by atoms with Gasteiger partial charge in [-0.25, -0.2) is 5.10 Å². The van der Waals surface area contributed by atoms with Gasteiger partial charge in [0.2, 0.25) is 6.79 Å². The van der Waals surface area contributed by atoms with Gasteiger partial charge in [0.1, 0.15) is 12.2 Å². The number of ether oxygens (including phenoxy) is 3. The predicted molar refractivity (Wildman–Crippen MR) is 89.1 cm³/mol. The first kappa shape index (κ1) is 15.6. The van der Waals surface area contributed by atoms with Gasteiger partial charge in [-0.3, -0.25) is 19.1 Å². The summed E-state index contributed by atoms with van der Waals surface area (Å²) in [7, 11) is 0. The molecule has 1 fully saturated rings. The van der Waals surface area contributed by atoms with Crippen LogP contribution in [0.4, 0.5) is 0 Å². The molecule has 26 heavy (non-hydrogen) atoms. The van der Waals surface area contributed by atoms with Crippen LogP contribution in [0.1, 0.15) is 17.8 Å². The van der Waals surface area contributed by atoms with Crippen molar-refractivity contribution in [2.75, 3.05) is 19.9 Å². The van der Waals surface area contributed by atoms with Gasteiger partial charge in [0.05, 0.1) is 6.54 Å². The number of nitrogens with one attached hydrogen (secondary N) is 1. The lowest BCUT2D eigenvalue weighted by Gasteiger charge is -2.34. The Morgan fingerprint density at radius 3 is 3.00 bits per heavy atom. The number of rotatable bonds is 2. The van der Waals surface area contributed by atoms with E-state index in [9.17, 15) is 9.59 Å². The van der Waals surface area contributed by atoms with E-state index in [2.05, 4.69) is 15.1 Å². The van der Waals surface area contributed by atoms with E-state index in [0.717, 1.165) is 36.6 Å². The number of fused-ring (bicyclic) bond motifs is 2. The molecule has 9 nitrogen and oxygen atoms in total. The van der Waals surface area contributed by atoms with Crippen molar-refractivity contribution in [1.82, 2.24) is 19.7 Å². The van der Waals surface area contributed by atoms with Crippen molar-refractivity contribution in [3.05, 3.63) is 50.3 Å². The van der Waals surface area contributed by atoms with E-state index in [0.29, 0.717) is 18.9 Å². The zero-order chi connectivity index (χ0) is 17.7. The first-order valence-corrected chi connectivity index (χ1v) is 8.55. The summed E-state index contributed by atoms with van der Waals surface area (Å²) >= 11 is 0. The van der Waals surface area contributed by atoms with Crippen molar-refractivity contribution < 1.29 is 14.2 Å². The van der Waals surface area contributed by atoms with E-state index in [1.165, 1.54) is 4.57 Å². The van der Waals surface area contributed by atoms with Crippen molar-refractivity contribution in [2.24, 2.45) is 0 Å². The molecule has 1 aromatic carbocycles. The molecule has 5 rings (SSSR count). The Morgan fingerprint density at radius 1 is 1.19 bits per heavy atom. The van der Waals surface area contributed by atoms with Crippen molar-refractivity contribution in [2.45, 2.75) is 31.7 Å². The maximum Gasteiger partial charge on any atom is 0.330 e. The second kappa shape index (κ2) is 5.68. The van der Waals surface area contributed by atoms with E-state index in [1.807, 2.05) is 18.2 Å². The number of hydrogen-bond donors (Lipinski definition) is 1. The summed E-state index contributed by atoms with van der Waals surface area (Å²) in [6.45, 7) is 3.16. The fourth-order valence-corrected chi connectivity index (χ4v) is 3.89. The molecule has 0 bridgehead atoms. The minimum absolute atomic E-state index is 0.226. The highest BCUT2D eigenvalue weighted by atomic mass is 16.7. The molecule has 9 heteroatoms. The van der Waals surface area contributed by atoms with Crippen molar-refractivity contribution in [3.8, 4) is 11.5 Å². The number of nitrogens with zero attached hydrogens (tertiary/aromatic N) is 3. The van der Waals surface area contributed by atoms with Gasteiger partial charge in [-0.05, 0) is 24.1 Å². The van der Waals surface area contributed by atoms with Gasteiger partial charge < -0.3 is 14.2 Å². The van der Waals surface area contributed by atoms with Crippen LogP contribution in [0.5, 0.6) is 11.5 Å². The molecule has 0 unspecified atom stereocenters. The SMILES string of the molecule is O=c1[nH]nc2n(c1=O)C[C@]1(CCN(Cc3ccc4c(c3)OCO4)C1)OC2. The highest BCUT2D eigenvalue weighted by Crippen LogP contribution is 2.35. The molecule has 0 radical (unpaired) electrons. The molecule has 4 heterocycles. The monoisotopic (exact) mass is 358 g/mol. The van der Waals surface area contributed by atoms with Crippen LogP contribution >= 0.6 is 0 Å². The first-order valence-electron chi connectivity index (χ1n) is 8.55. The molecule has 1 atom stereocenters. The van der Waals surface area contributed by atoms with Crippen LogP contribution in [-0.4, -0.2) is 45.1 Å². The van der Waals surface area contributed by atoms with Gasteiger partial charge in [-0.2, -0.15) is 5.10 Å². The topological polar surface area (TPSA) is 98.7 Å². The maximum atomic E-state index is 12.1. The van der Waals surface area contributed by atoms with E-state index in [-0.39, 0.29) is 13.4 Å². The zero-order valence-electron chi connectivity index (χ0n) is 14.1. The Kier molecular flexibility index (Phi) is 3.41. The van der Waals surface area contributed by atoms with Crippen LogP contribution in [0.15, 0.2) is 27.8 Å². The summed E-state index contributed by atoms with van der Waals surface area (Å²) in [4.78, 5) is 26.0. The number of benzene rings is 1. The predicted octanol–water partition coefficient (Wildman–Crippen LogP) is -0.165. The molecule has 1 N–H and O–H groups in total. The van der Waals surface area contributed by atoms with E-state index in [1.54, 1.807) is 0 Å². The Hall–Kier alpha value is -2.65. The molecule has 1 saturated heterocycles. The van der Waals surface area contributed by atoms with Gasteiger partial charge in [0.15, 0.2) is 17.3 Å². The third-order valence-electron chi connectivity index (χ3n) is 5.23. The van der Waals surface area contributed by atoms with Crippen molar-refractivity contribution in [3.63, 3.8) is 0 Å².